The third kappa shape index (κ3) is 5.12. The van der Waals surface area contributed by atoms with E-state index in [4.69, 9.17) is 4.52 Å². The van der Waals surface area contributed by atoms with Crippen molar-refractivity contribution in [3.05, 3.63) is 35.5 Å². The largest absolute Gasteiger partial charge is 0.359 e. The molecule has 0 unspecified atom stereocenters. The van der Waals surface area contributed by atoms with Gasteiger partial charge >= 0.3 is 0 Å². The van der Waals surface area contributed by atoms with Gasteiger partial charge in [0.2, 0.25) is 0 Å². The van der Waals surface area contributed by atoms with Crippen LogP contribution in [0.5, 0.6) is 0 Å². The van der Waals surface area contributed by atoms with Gasteiger partial charge in [0.1, 0.15) is 0 Å². The van der Waals surface area contributed by atoms with Crippen molar-refractivity contribution in [2.75, 3.05) is 6.54 Å². The zero-order chi connectivity index (χ0) is 16.5. The van der Waals surface area contributed by atoms with Gasteiger partial charge in [-0.2, -0.15) is 5.10 Å². The Hall–Kier alpha value is -2.31. The quantitative estimate of drug-likeness (QED) is 0.514. The smallest absolute Gasteiger partial charge is 0.192 e. The summed E-state index contributed by atoms with van der Waals surface area (Å²) in [7, 11) is 0. The Morgan fingerprint density at radius 3 is 2.78 bits per heavy atom. The van der Waals surface area contributed by atoms with E-state index >= 15 is 0 Å². The van der Waals surface area contributed by atoms with Gasteiger partial charge in [-0.25, -0.2) is 4.99 Å². The van der Waals surface area contributed by atoms with Gasteiger partial charge in [0, 0.05) is 24.7 Å². The normalized spacial score (nSPS) is 11.9. The van der Waals surface area contributed by atoms with Crippen molar-refractivity contribution >= 4 is 5.96 Å². The molecule has 2 aromatic rings. The Bertz CT molecular complexity index is 585. The summed E-state index contributed by atoms with van der Waals surface area (Å²) in [6.07, 6.45) is 3.87. The highest BCUT2D eigenvalue weighted by molar-refractivity contribution is 5.79. The molecule has 2 rings (SSSR count). The maximum Gasteiger partial charge on any atom is 0.192 e. The average Bonchev–Trinajstić information content (AvgIpc) is 3.23. The molecule has 0 amide bonds. The number of nitrogens with zero attached hydrogens (tertiary/aromatic N) is 3. The molecule has 0 aliphatic rings. The van der Waals surface area contributed by atoms with Crippen LogP contribution >= 0.6 is 0 Å². The molecule has 0 aromatic carbocycles. The second kappa shape index (κ2) is 8.97. The summed E-state index contributed by atoms with van der Waals surface area (Å²) in [5, 5.41) is 17.5. The lowest BCUT2D eigenvalue weighted by molar-refractivity contribution is 0.368. The van der Waals surface area contributed by atoms with E-state index in [-0.39, 0.29) is 0 Å². The molecule has 7 heteroatoms. The van der Waals surface area contributed by atoms with Crippen LogP contribution in [-0.2, 0) is 13.1 Å². The Morgan fingerprint density at radius 1 is 1.30 bits per heavy atom. The van der Waals surface area contributed by atoms with Gasteiger partial charge in [-0.1, -0.05) is 19.0 Å². The molecule has 3 N–H and O–H groups in total. The number of H-pyrrole nitrogens is 1. The van der Waals surface area contributed by atoms with Crippen LogP contribution in [0.25, 0.3) is 0 Å². The number of aliphatic imine (C=N–C) groups is 1. The highest BCUT2D eigenvalue weighted by atomic mass is 16.5. The van der Waals surface area contributed by atoms with Crippen molar-refractivity contribution in [1.82, 2.24) is 26.0 Å². The molecular formula is C16H26N6O. The summed E-state index contributed by atoms with van der Waals surface area (Å²) in [5.74, 6) is 2.02. The minimum absolute atomic E-state index is 0.467. The summed E-state index contributed by atoms with van der Waals surface area (Å²) >= 11 is 0. The van der Waals surface area contributed by atoms with Crippen molar-refractivity contribution < 1.29 is 4.52 Å². The number of nitrogens with one attached hydrogen (secondary N) is 3. The van der Waals surface area contributed by atoms with Gasteiger partial charge in [0.15, 0.2) is 11.7 Å². The molecule has 2 aromatic heterocycles. The number of aromatic nitrogens is 3. The molecule has 0 fully saturated rings. The highest BCUT2D eigenvalue weighted by Crippen LogP contribution is 2.22. The van der Waals surface area contributed by atoms with Gasteiger partial charge in [-0.15, -0.1) is 0 Å². The van der Waals surface area contributed by atoms with Crippen molar-refractivity contribution in [3.63, 3.8) is 0 Å². The average molecular weight is 318 g/mol. The SMILES string of the molecule is CCNC(=NCc1ccn[nH]1)NCc1cc(C(CC)CC)no1. The highest BCUT2D eigenvalue weighted by Gasteiger charge is 2.13. The maximum absolute atomic E-state index is 5.42. The van der Waals surface area contributed by atoms with Gasteiger partial charge in [0.05, 0.1) is 24.5 Å². The second-order valence-electron chi connectivity index (χ2n) is 5.36. The molecule has 0 atom stereocenters. The monoisotopic (exact) mass is 318 g/mol. The zero-order valence-electron chi connectivity index (χ0n) is 14.1. The van der Waals surface area contributed by atoms with Crippen molar-refractivity contribution in [1.29, 1.82) is 0 Å². The van der Waals surface area contributed by atoms with Crippen LogP contribution in [0.15, 0.2) is 27.8 Å². The molecule has 0 bridgehead atoms. The maximum atomic E-state index is 5.42. The van der Waals surface area contributed by atoms with Gasteiger partial charge in [-0.3, -0.25) is 5.10 Å². The third-order valence-electron chi connectivity index (χ3n) is 3.72. The minimum atomic E-state index is 0.467. The number of hydrogen-bond acceptors (Lipinski definition) is 4. The Kier molecular flexibility index (Phi) is 6.65. The molecule has 7 nitrogen and oxygen atoms in total. The molecule has 0 spiro atoms. The van der Waals surface area contributed by atoms with E-state index in [2.05, 4.69) is 44.8 Å². The van der Waals surface area contributed by atoms with Crippen LogP contribution in [0.1, 0.15) is 56.7 Å². The van der Waals surface area contributed by atoms with E-state index < -0.39 is 0 Å². The molecular weight excluding hydrogens is 292 g/mol. The van der Waals surface area contributed by atoms with Crippen LogP contribution in [-0.4, -0.2) is 27.9 Å². The molecule has 23 heavy (non-hydrogen) atoms. The molecule has 2 heterocycles. The van der Waals surface area contributed by atoms with Crippen molar-refractivity contribution in [2.24, 2.45) is 4.99 Å². The topological polar surface area (TPSA) is 91.1 Å². The fraction of sp³-hybridized carbons (Fsp3) is 0.562. The summed E-state index contributed by atoms with van der Waals surface area (Å²) in [4.78, 5) is 4.51. The molecule has 0 saturated heterocycles. The molecule has 0 radical (unpaired) electrons. The van der Waals surface area contributed by atoms with Gasteiger partial charge in [0.25, 0.3) is 0 Å². The lowest BCUT2D eigenvalue weighted by Gasteiger charge is -2.09. The number of rotatable bonds is 8. The first-order valence-corrected chi connectivity index (χ1v) is 8.22. The third-order valence-corrected chi connectivity index (χ3v) is 3.72. The first kappa shape index (κ1) is 17.1. The van der Waals surface area contributed by atoms with E-state index in [0.29, 0.717) is 19.0 Å². The summed E-state index contributed by atoms with van der Waals surface area (Å²) in [5.41, 5.74) is 2.00. The molecule has 126 valence electrons. The molecule has 0 aliphatic heterocycles. The summed E-state index contributed by atoms with van der Waals surface area (Å²) in [6.45, 7) is 8.28. The Labute approximate surface area is 136 Å². The first-order chi connectivity index (χ1) is 11.3. The fourth-order valence-electron chi connectivity index (χ4n) is 2.36. The first-order valence-electron chi connectivity index (χ1n) is 8.22. The Morgan fingerprint density at radius 2 is 2.13 bits per heavy atom. The Balaban J connectivity index is 1.92. The molecule has 0 aliphatic carbocycles. The van der Waals surface area contributed by atoms with Crippen molar-refractivity contribution in [2.45, 2.75) is 52.6 Å². The van der Waals surface area contributed by atoms with Gasteiger partial charge in [-0.05, 0) is 25.8 Å². The van der Waals surface area contributed by atoms with E-state index in [1.54, 1.807) is 6.20 Å². The lowest BCUT2D eigenvalue weighted by atomic mass is 9.99. The minimum Gasteiger partial charge on any atom is -0.359 e. The molecule has 0 saturated carbocycles. The van der Waals surface area contributed by atoms with Gasteiger partial charge < -0.3 is 15.2 Å². The van der Waals surface area contributed by atoms with E-state index in [0.717, 1.165) is 42.5 Å². The number of aromatic amines is 1. The lowest BCUT2D eigenvalue weighted by Crippen LogP contribution is -2.36. The standard InChI is InChI=1S/C16H26N6O/c1-4-12(5-2)15-9-14(23-22-15)11-19-16(17-6-3)18-10-13-7-8-20-21-13/h7-9,12H,4-6,10-11H2,1-3H3,(H,20,21)(H2,17,18,19). The predicted octanol–water partition coefficient (Wildman–Crippen LogP) is 2.56. The van der Waals surface area contributed by atoms with Crippen LogP contribution in [0, 0.1) is 0 Å². The van der Waals surface area contributed by atoms with Crippen LogP contribution in [0.2, 0.25) is 0 Å². The van der Waals surface area contributed by atoms with Crippen molar-refractivity contribution in [3.8, 4) is 0 Å². The number of guanidine groups is 1. The summed E-state index contributed by atoms with van der Waals surface area (Å²) < 4.78 is 5.42. The fourth-order valence-corrected chi connectivity index (χ4v) is 2.36. The second-order valence-corrected chi connectivity index (χ2v) is 5.36. The van der Waals surface area contributed by atoms with E-state index in [9.17, 15) is 0 Å². The predicted molar refractivity (Wildman–Crippen MR) is 90.1 cm³/mol. The zero-order valence-corrected chi connectivity index (χ0v) is 14.1. The van der Waals surface area contributed by atoms with E-state index in [1.807, 2.05) is 19.1 Å². The van der Waals surface area contributed by atoms with Crippen LogP contribution in [0.3, 0.4) is 0 Å². The number of hydrogen-bond donors (Lipinski definition) is 3. The van der Waals surface area contributed by atoms with Crippen LogP contribution in [0.4, 0.5) is 0 Å². The summed E-state index contributed by atoms with van der Waals surface area (Å²) in [6, 6.07) is 3.94. The van der Waals surface area contributed by atoms with Crippen LogP contribution < -0.4 is 10.6 Å². The van der Waals surface area contributed by atoms with E-state index in [1.165, 1.54) is 0 Å².